The number of carbonyl (C=O) groups is 3. The molecular weight excluding hydrogens is 625 g/mol. The number of aliphatic hydroxyl groups excluding tert-OH is 1. The summed E-state index contributed by atoms with van der Waals surface area (Å²) in [5, 5.41) is 18.1. The SMILES string of the molecule is COC(=O)N[C@H](C(=O)NN(Cc1ccc(OC(F)(F)F)cc1)C[C@H](O)[C@H](Cc1ccc(OC)cc1)NC(=O)OC(C)(C)C)C(C)(C)C. The number of ether oxygens (including phenoxy) is 4. The summed E-state index contributed by atoms with van der Waals surface area (Å²) in [5.74, 6) is -0.479. The fourth-order valence-corrected chi connectivity index (χ4v) is 4.35. The van der Waals surface area contributed by atoms with Crippen LogP contribution >= 0.6 is 0 Å². The van der Waals surface area contributed by atoms with Gasteiger partial charge in [-0.15, -0.1) is 13.2 Å². The van der Waals surface area contributed by atoms with Gasteiger partial charge in [0.25, 0.3) is 5.91 Å². The molecule has 0 unspecified atom stereocenters. The first-order valence-electron chi connectivity index (χ1n) is 14.7. The maximum Gasteiger partial charge on any atom is 0.573 e. The van der Waals surface area contributed by atoms with Gasteiger partial charge in [-0.3, -0.25) is 10.2 Å². The number of nitrogens with one attached hydrogen (secondary N) is 3. The number of nitrogens with zero attached hydrogens (tertiary/aromatic N) is 1. The predicted molar refractivity (Wildman–Crippen MR) is 166 cm³/mol. The summed E-state index contributed by atoms with van der Waals surface area (Å²) in [6.45, 7) is 9.89. The highest BCUT2D eigenvalue weighted by molar-refractivity contribution is 5.86. The topological polar surface area (TPSA) is 148 Å². The second-order valence-corrected chi connectivity index (χ2v) is 12.9. The van der Waals surface area contributed by atoms with Crippen LogP contribution in [0.2, 0.25) is 0 Å². The van der Waals surface area contributed by atoms with Crippen LogP contribution in [0.1, 0.15) is 52.7 Å². The van der Waals surface area contributed by atoms with E-state index in [1.54, 1.807) is 65.8 Å². The molecule has 0 radical (unpaired) electrons. The molecule has 0 saturated carbocycles. The third kappa shape index (κ3) is 14.4. The Bertz CT molecular complexity index is 1310. The minimum atomic E-state index is -4.87. The molecule has 0 fully saturated rings. The first kappa shape index (κ1) is 38.9. The number of halogens is 3. The summed E-state index contributed by atoms with van der Waals surface area (Å²) >= 11 is 0. The van der Waals surface area contributed by atoms with Crippen molar-refractivity contribution in [3.8, 4) is 11.5 Å². The van der Waals surface area contributed by atoms with Crippen molar-refractivity contribution >= 4 is 18.1 Å². The largest absolute Gasteiger partial charge is 0.573 e. The van der Waals surface area contributed by atoms with Crippen molar-refractivity contribution in [1.82, 2.24) is 21.1 Å². The number of aliphatic hydroxyl groups is 1. The lowest BCUT2D eigenvalue weighted by molar-refractivity contribution is -0.274. The maximum absolute atomic E-state index is 13.5. The lowest BCUT2D eigenvalue weighted by atomic mass is 9.86. The van der Waals surface area contributed by atoms with E-state index < -0.39 is 59.4 Å². The number of benzene rings is 2. The molecule has 2 rings (SSSR count). The fourth-order valence-electron chi connectivity index (χ4n) is 4.35. The third-order valence-electron chi connectivity index (χ3n) is 6.56. The van der Waals surface area contributed by atoms with E-state index in [9.17, 15) is 32.7 Å². The molecule has 3 amide bonds. The van der Waals surface area contributed by atoms with E-state index in [1.807, 2.05) is 0 Å². The molecule has 2 aromatic carbocycles. The Balaban J connectivity index is 2.41. The zero-order valence-electron chi connectivity index (χ0n) is 27.9. The molecule has 0 saturated heterocycles. The summed E-state index contributed by atoms with van der Waals surface area (Å²) in [5.41, 5.74) is 2.29. The van der Waals surface area contributed by atoms with Gasteiger partial charge >= 0.3 is 18.5 Å². The molecule has 15 heteroatoms. The first-order chi connectivity index (χ1) is 21.7. The van der Waals surface area contributed by atoms with Gasteiger partial charge in [-0.05, 0) is 68.0 Å². The fraction of sp³-hybridized carbons (Fsp3) is 0.531. The Morgan fingerprint density at radius 1 is 0.830 bits per heavy atom. The Morgan fingerprint density at radius 2 is 1.38 bits per heavy atom. The average Bonchev–Trinajstić information content (AvgIpc) is 2.94. The summed E-state index contributed by atoms with van der Waals surface area (Å²) in [7, 11) is 2.68. The predicted octanol–water partition coefficient (Wildman–Crippen LogP) is 4.69. The number of carbonyl (C=O) groups excluding carboxylic acids is 3. The highest BCUT2D eigenvalue weighted by Crippen LogP contribution is 2.24. The second-order valence-electron chi connectivity index (χ2n) is 12.9. The number of hydrogen-bond donors (Lipinski definition) is 4. The highest BCUT2D eigenvalue weighted by Gasteiger charge is 2.35. The van der Waals surface area contributed by atoms with Crippen LogP contribution < -0.4 is 25.5 Å². The van der Waals surface area contributed by atoms with Crippen molar-refractivity contribution in [3.05, 3.63) is 59.7 Å². The van der Waals surface area contributed by atoms with Crippen LogP contribution in [0, 0.1) is 5.41 Å². The van der Waals surface area contributed by atoms with Crippen molar-refractivity contribution in [1.29, 1.82) is 0 Å². The smallest absolute Gasteiger partial charge is 0.497 e. The van der Waals surface area contributed by atoms with Gasteiger partial charge in [0.05, 0.1) is 26.4 Å². The monoisotopic (exact) mass is 670 g/mol. The van der Waals surface area contributed by atoms with E-state index in [1.165, 1.54) is 24.3 Å². The van der Waals surface area contributed by atoms with E-state index in [0.717, 1.165) is 24.8 Å². The van der Waals surface area contributed by atoms with Gasteiger partial charge in [-0.25, -0.2) is 14.6 Å². The minimum absolute atomic E-state index is 0.0914. The number of methoxy groups -OCH3 is 2. The van der Waals surface area contributed by atoms with Crippen LogP contribution in [-0.4, -0.2) is 79.1 Å². The molecule has 0 aliphatic heterocycles. The van der Waals surface area contributed by atoms with Gasteiger partial charge in [0.15, 0.2) is 0 Å². The molecule has 47 heavy (non-hydrogen) atoms. The number of rotatable bonds is 13. The molecule has 4 N–H and O–H groups in total. The molecule has 0 spiro atoms. The van der Waals surface area contributed by atoms with Crippen molar-refractivity contribution in [2.24, 2.45) is 5.41 Å². The zero-order valence-corrected chi connectivity index (χ0v) is 27.9. The molecule has 3 atom stereocenters. The van der Waals surface area contributed by atoms with E-state index in [4.69, 9.17) is 9.47 Å². The zero-order chi connectivity index (χ0) is 35.6. The highest BCUT2D eigenvalue weighted by atomic mass is 19.4. The third-order valence-corrected chi connectivity index (χ3v) is 6.56. The van der Waals surface area contributed by atoms with Crippen LogP contribution in [0.25, 0.3) is 0 Å². The van der Waals surface area contributed by atoms with Gasteiger partial charge in [-0.1, -0.05) is 45.0 Å². The van der Waals surface area contributed by atoms with Crippen LogP contribution in [0.5, 0.6) is 11.5 Å². The van der Waals surface area contributed by atoms with Crippen LogP contribution in [0.15, 0.2) is 48.5 Å². The van der Waals surface area contributed by atoms with E-state index in [2.05, 4.69) is 25.5 Å². The molecular formula is C32H45F3N4O8. The number of hydrazine groups is 1. The number of alkyl halides is 3. The van der Waals surface area contributed by atoms with Gasteiger partial charge in [0.1, 0.15) is 23.1 Å². The molecule has 12 nitrogen and oxygen atoms in total. The van der Waals surface area contributed by atoms with Crippen molar-refractivity contribution < 1.29 is 51.6 Å². The van der Waals surface area contributed by atoms with E-state index >= 15 is 0 Å². The van der Waals surface area contributed by atoms with Crippen LogP contribution in [0.3, 0.4) is 0 Å². The Hall–Kier alpha value is -4.24. The quantitative estimate of drug-likeness (QED) is 0.223. The molecule has 0 bridgehead atoms. The molecule has 0 heterocycles. The standard InChI is InChI=1S/C32H45F3N4O8/c1-30(2,3)26(37-28(42)45-8)27(41)38-39(18-21-11-15-23(16-12-21)46-32(33,34)35)19-25(40)24(36-29(43)47-31(4,5)6)17-20-9-13-22(44-7)14-10-20/h9-16,24-26,40H,17-19H2,1-8H3,(H,36,43)(H,37,42)(H,38,41)/t24-,25-,26+/m0/s1. The lowest BCUT2D eigenvalue weighted by Gasteiger charge is -2.34. The average molecular weight is 671 g/mol. The summed E-state index contributed by atoms with van der Waals surface area (Å²) in [4.78, 5) is 38.4. The molecule has 262 valence electrons. The normalized spacial score (nSPS) is 14.0. The Morgan fingerprint density at radius 3 is 1.87 bits per heavy atom. The van der Waals surface area contributed by atoms with Crippen LogP contribution in [0.4, 0.5) is 22.8 Å². The van der Waals surface area contributed by atoms with Crippen molar-refractivity contribution in [2.75, 3.05) is 20.8 Å². The number of amides is 3. The maximum atomic E-state index is 13.5. The van der Waals surface area contributed by atoms with Crippen molar-refractivity contribution in [2.45, 2.75) is 84.7 Å². The summed E-state index contributed by atoms with van der Waals surface area (Å²) in [6, 6.07) is 9.95. The van der Waals surface area contributed by atoms with Gasteiger partial charge < -0.3 is 34.7 Å². The number of hydrogen-bond acceptors (Lipinski definition) is 9. The number of alkyl carbamates (subject to hydrolysis) is 2. The molecule has 0 aliphatic rings. The van der Waals surface area contributed by atoms with E-state index in [-0.39, 0.29) is 19.5 Å². The Kier molecular flexibility index (Phi) is 13.7. The van der Waals surface area contributed by atoms with E-state index in [0.29, 0.717) is 11.3 Å². The van der Waals surface area contributed by atoms with Crippen molar-refractivity contribution in [3.63, 3.8) is 0 Å². The lowest BCUT2D eigenvalue weighted by Crippen LogP contribution is -2.59. The van der Waals surface area contributed by atoms with Gasteiger partial charge in [0, 0.05) is 13.1 Å². The van der Waals surface area contributed by atoms with Gasteiger partial charge in [-0.2, -0.15) is 0 Å². The molecule has 0 aliphatic carbocycles. The first-order valence-corrected chi connectivity index (χ1v) is 14.7. The summed E-state index contributed by atoms with van der Waals surface area (Å²) < 4.78 is 57.3. The summed E-state index contributed by atoms with van der Waals surface area (Å²) in [6.07, 6.45) is -7.65. The molecule has 0 aromatic heterocycles. The van der Waals surface area contributed by atoms with Gasteiger partial charge in [0.2, 0.25) is 0 Å². The minimum Gasteiger partial charge on any atom is -0.497 e. The molecule has 2 aromatic rings. The second kappa shape index (κ2) is 16.5. The van der Waals surface area contributed by atoms with Crippen LogP contribution in [-0.2, 0) is 27.2 Å². The Labute approximate surface area is 272 Å².